The van der Waals surface area contributed by atoms with Crippen LogP contribution < -0.4 is 5.32 Å². The first-order valence-corrected chi connectivity index (χ1v) is 7.21. The predicted octanol–water partition coefficient (Wildman–Crippen LogP) is 3.67. The average molecular weight is 299 g/mol. The van der Waals surface area contributed by atoms with E-state index in [-0.39, 0.29) is 11.7 Å². The average Bonchev–Trinajstić information content (AvgIpc) is 3.09. The number of carbonyl (C=O) groups excluding carboxylic acids is 1. The molecule has 0 fully saturated rings. The number of nitrogens with zero attached hydrogens (tertiary/aromatic N) is 2. The van der Waals surface area contributed by atoms with E-state index in [0.29, 0.717) is 5.13 Å². The summed E-state index contributed by atoms with van der Waals surface area (Å²) in [5.74, 6) is -0.0819. The van der Waals surface area contributed by atoms with Gasteiger partial charge in [-0.15, -0.1) is 10.2 Å². The molecule has 0 aliphatic rings. The first kappa shape index (κ1) is 13.5. The first-order chi connectivity index (χ1) is 10.1. The number of aromatic nitrogens is 2. The molecular weight excluding hydrogens is 286 g/mol. The number of amides is 1. The third-order valence-electron chi connectivity index (χ3n) is 3.00. The number of hydrogen-bond acceptors (Lipinski definition) is 5. The number of anilines is 1. The van der Waals surface area contributed by atoms with Crippen LogP contribution in [0.2, 0.25) is 0 Å². The highest BCUT2D eigenvalue weighted by Crippen LogP contribution is 2.29. The normalized spacial score (nSPS) is 10.6. The SMILES string of the molecule is Cc1ccc(-c2nnc(NC(=O)c3ccco3)s2)c(C)c1. The summed E-state index contributed by atoms with van der Waals surface area (Å²) < 4.78 is 5.04. The summed E-state index contributed by atoms with van der Waals surface area (Å²) in [7, 11) is 0. The third kappa shape index (κ3) is 2.85. The molecule has 1 amide bonds. The van der Waals surface area contributed by atoms with Gasteiger partial charge in [-0.3, -0.25) is 10.1 Å². The first-order valence-electron chi connectivity index (χ1n) is 6.39. The highest BCUT2D eigenvalue weighted by Gasteiger charge is 2.13. The molecule has 0 aliphatic heterocycles. The second kappa shape index (κ2) is 5.49. The number of nitrogens with one attached hydrogen (secondary N) is 1. The molecule has 21 heavy (non-hydrogen) atoms. The molecule has 0 spiro atoms. The molecule has 6 heteroatoms. The molecule has 0 saturated carbocycles. The Morgan fingerprint density at radius 3 is 2.81 bits per heavy atom. The maximum atomic E-state index is 11.9. The molecule has 1 N–H and O–H groups in total. The number of furan rings is 1. The number of benzene rings is 1. The predicted molar refractivity (Wildman–Crippen MR) is 81.5 cm³/mol. The Hall–Kier alpha value is -2.47. The minimum atomic E-state index is -0.330. The van der Waals surface area contributed by atoms with Crippen LogP contribution in [0.3, 0.4) is 0 Å². The maximum Gasteiger partial charge on any atom is 0.293 e. The minimum Gasteiger partial charge on any atom is -0.459 e. The van der Waals surface area contributed by atoms with Crippen LogP contribution in [-0.4, -0.2) is 16.1 Å². The Morgan fingerprint density at radius 1 is 1.24 bits per heavy atom. The lowest BCUT2D eigenvalue weighted by Crippen LogP contribution is -2.10. The molecule has 1 aromatic carbocycles. The summed E-state index contributed by atoms with van der Waals surface area (Å²) in [6.45, 7) is 4.08. The van der Waals surface area contributed by atoms with Crippen molar-refractivity contribution in [2.75, 3.05) is 5.32 Å². The van der Waals surface area contributed by atoms with Crippen molar-refractivity contribution in [3.05, 3.63) is 53.5 Å². The second-order valence-corrected chi connectivity index (χ2v) is 5.64. The van der Waals surface area contributed by atoms with E-state index in [9.17, 15) is 4.79 Å². The molecule has 2 heterocycles. The molecule has 0 radical (unpaired) electrons. The van der Waals surface area contributed by atoms with E-state index in [4.69, 9.17) is 4.42 Å². The van der Waals surface area contributed by atoms with Crippen molar-refractivity contribution in [1.82, 2.24) is 10.2 Å². The summed E-state index contributed by atoms with van der Waals surface area (Å²) in [4.78, 5) is 11.9. The zero-order valence-corrected chi connectivity index (χ0v) is 12.4. The van der Waals surface area contributed by atoms with E-state index in [1.807, 2.05) is 26.0 Å². The van der Waals surface area contributed by atoms with Gasteiger partial charge in [0.05, 0.1) is 6.26 Å². The summed E-state index contributed by atoms with van der Waals surface area (Å²) in [5, 5.41) is 12.0. The van der Waals surface area contributed by atoms with Crippen molar-refractivity contribution in [2.45, 2.75) is 13.8 Å². The lowest BCUT2D eigenvalue weighted by Gasteiger charge is -2.02. The van der Waals surface area contributed by atoms with Gasteiger partial charge >= 0.3 is 0 Å². The van der Waals surface area contributed by atoms with Gasteiger partial charge in [-0.2, -0.15) is 0 Å². The summed E-state index contributed by atoms with van der Waals surface area (Å²) in [5.41, 5.74) is 3.36. The van der Waals surface area contributed by atoms with Crippen LogP contribution >= 0.6 is 11.3 Å². The zero-order valence-electron chi connectivity index (χ0n) is 11.6. The van der Waals surface area contributed by atoms with Crippen molar-refractivity contribution in [2.24, 2.45) is 0 Å². The van der Waals surface area contributed by atoms with Gasteiger partial charge in [0.1, 0.15) is 5.01 Å². The highest BCUT2D eigenvalue weighted by atomic mass is 32.1. The fourth-order valence-corrected chi connectivity index (χ4v) is 2.83. The molecule has 0 bridgehead atoms. The number of hydrogen-bond donors (Lipinski definition) is 1. The van der Waals surface area contributed by atoms with E-state index >= 15 is 0 Å². The molecule has 0 aliphatic carbocycles. The number of carbonyl (C=O) groups is 1. The van der Waals surface area contributed by atoms with Crippen molar-refractivity contribution in [1.29, 1.82) is 0 Å². The standard InChI is InChI=1S/C15H13N3O2S/c1-9-5-6-11(10(2)8-9)14-17-18-15(21-14)16-13(19)12-4-3-7-20-12/h3-8H,1-2H3,(H,16,18,19). The van der Waals surface area contributed by atoms with E-state index in [2.05, 4.69) is 21.6 Å². The van der Waals surface area contributed by atoms with Gasteiger partial charge in [-0.25, -0.2) is 0 Å². The second-order valence-electron chi connectivity index (χ2n) is 4.66. The van der Waals surface area contributed by atoms with Gasteiger partial charge in [0.2, 0.25) is 5.13 Å². The molecule has 5 nitrogen and oxygen atoms in total. The highest BCUT2D eigenvalue weighted by molar-refractivity contribution is 7.18. The van der Waals surface area contributed by atoms with Crippen molar-refractivity contribution < 1.29 is 9.21 Å². The van der Waals surface area contributed by atoms with Crippen molar-refractivity contribution in [3.8, 4) is 10.6 Å². The Morgan fingerprint density at radius 2 is 2.10 bits per heavy atom. The van der Waals surface area contributed by atoms with Crippen molar-refractivity contribution in [3.63, 3.8) is 0 Å². The maximum absolute atomic E-state index is 11.9. The molecule has 3 rings (SSSR count). The Bertz CT molecular complexity index is 778. The zero-order chi connectivity index (χ0) is 14.8. The quantitative estimate of drug-likeness (QED) is 0.801. The molecule has 0 saturated heterocycles. The van der Waals surface area contributed by atoms with Crippen LogP contribution in [-0.2, 0) is 0 Å². The van der Waals surface area contributed by atoms with Crippen LogP contribution in [0, 0.1) is 13.8 Å². The Labute approximate surface area is 125 Å². The summed E-state index contributed by atoms with van der Waals surface area (Å²) in [6.07, 6.45) is 1.45. The van der Waals surface area contributed by atoms with Crippen LogP contribution in [0.4, 0.5) is 5.13 Å². The van der Waals surface area contributed by atoms with Crippen LogP contribution in [0.25, 0.3) is 10.6 Å². The molecule has 2 aromatic heterocycles. The monoisotopic (exact) mass is 299 g/mol. The molecule has 0 unspecified atom stereocenters. The van der Waals surface area contributed by atoms with E-state index in [0.717, 1.165) is 16.1 Å². The lowest BCUT2D eigenvalue weighted by molar-refractivity contribution is 0.0996. The fourth-order valence-electron chi connectivity index (χ4n) is 2.00. The number of aryl methyl sites for hydroxylation is 2. The van der Waals surface area contributed by atoms with E-state index in [1.165, 1.54) is 23.2 Å². The Kier molecular flexibility index (Phi) is 3.53. The largest absolute Gasteiger partial charge is 0.459 e. The van der Waals surface area contributed by atoms with Crippen molar-refractivity contribution >= 4 is 22.4 Å². The smallest absolute Gasteiger partial charge is 0.293 e. The fraction of sp³-hybridized carbons (Fsp3) is 0.133. The molecule has 106 valence electrons. The van der Waals surface area contributed by atoms with Gasteiger partial charge in [-0.05, 0) is 31.5 Å². The van der Waals surface area contributed by atoms with Gasteiger partial charge in [0, 0.05) is 5.56 Å². The number of rotatable bonds is 3. The van der Waals surface area contributed by atoms with Crippen LogP contribution in [0.1, 0.15) is 21.7 Å². The Balaban J connectivity index is 1.82. The van der Waals surface area contributed by atoms with Gasteiger partial charge < -0.3 is 4.42 Å². The third-order valence-corrected chi connectivity index (χ3v) is 3.87. The molecule has 3 aromatic rings. The minimum absolute atomic E-state index is 0.248. The van der Waals surface area contributed by atoms with E-state index < -0.39 is 0 Å². The molecular formula is C15H13N3O2S. The van der Waals surface area contributed by atoms with Gasteiger partial charge in [0.25, 0.3) is 5.91 Å². The summed E-state index contributed by atoms with van der Waals surface area (Å²) >= 11 is 1.34. The van der Waals surface area contributed by atoms with Gasteiger partial charge in [-0.1, -0.05) is 35.1 Å². The molecule has 0 atom stereocenters. The van der Waals surface area contributed by atoms with Crippen LogP contribution in [0.5, 0.6) is 0 Å². The van der Waals surface area contributed by atoms with Gasteiger partial charge in [0.15, 0.2) is 5.76 Å². The van der Waals surface area contributed by atoms with Crippen LogP contribution in [0.15, 0.2) is 41.0 Å². The lowest BCUT2D eigenvalue weighted by atomic mass is 10.1. The van der Waals surface area contributed by atoms with E-state index in [1.54, 1.807) is 12.1 Å². The topological polar surface area (TPSA) is 68.0 Å². The summed E-state index contributed by atoms with van der Waals surface area (Å²) in [6, 6.07) is 9.41.